The normalized spacial score (nSPS) is 24.1. The van der Waals surface area contributed by atoms with Crippen molar-refractivity contribution in [3.05, 3.63) is 83.3 Å². The van der Waals surface area contributed by atoms with E-state index in [1.54, 1.807) is 11.0 Å². The molecule has 0 bridgehead atoms. The van der Waals surface area contributed by atoms with Gasteiger partial charge in [0.1, 0.15) is 0 Å². The van der Waals surface area contributed by atoms with Crippen LogP contribution in [0, 0.1) is 19.8 Å². The van der Waals surface area contributed by atoms with Crippen LogP contribution in [0.25, 0.3) is 11.1 Å². The van der Waals surface area contributed by atoms with Gasteiger partial charge in [0.15, 0.2) is 0 Å². The molecule has 6 nitrogen and oxygen atoms in total. The SMILES string of the molecule is Cc1cn2nc(C3=C\C(=O)N4C=C(C5CCN(C(C)C)CC5)C=C\C4=C/C=C/3)cc2c(C)n1. The molecule has 0 spiro atoms. The maximum absolute atomic E-state index is 13.3. The summed E-state index contributed by atoms with van der Waals surface area (Å²) in [5.74, 6) is 0.442. The van der Waals surface area contributed by atoms with Gasteiger partial charge in [0.05, 0.1) is 28.8 Å². The van der Waals surface area contributed by atoms with Crippen molar-refractivity contribution in [2.75, 3.05) is 13.1 Å². The van der Waals surface area contributed by atoms with E-state index in [1.807, 2.05) is 55.1 Å². The zero-order chi connectivity index (χ0) is 23.1. The maximum atomic E-state index is 13.3. The fraction of sp³-hybridized carbons (Fsp3) is 0.370. The molecule has 0 unspecified atom stereocenters. The predicted molar refractivity (Wildman–Crippen MR) is 131 cm³/mol. The van der Waals surface area contributed by atoms with Crippen LogP contribution in [-0.2, 0) is 4.79 Å². The molecular formula is C27H31N5O. The summed E-state index contributed by atoms with van der Waals surface area (Å²) >= 11 is 0. The third-order valence-electron chi connectivity index (χ3n) is 6.85. The number of hydrogen-bond donors (Lipinski definition) is 0. The van der Waals surface area contributed by atoms with Crippen LogP contribution in [0.15, 0.2) is 66.2 Å². The van der Waals surface area contributed by atoms with Crippen molar-refractivity contribution in [1.82, 2.24) is 24.4 Å². The van der Waals surface area contributed by atoms with Gasteiger partial charge in [-0.15, -0.1) is 0 Å². The van der Waals surface area contributed by atoms with Crippen LogP contribution in [0.5, 0.6) is 0 Å². The molecule has 1 amide bonds. The Balaban J connectivity index is 1.42. The monoisotopic (exact) mass is 441 g/mol. The molecule has 0 aliphatic carbocycles. The zero-order valence-corrected chi connectivity index (χ0v) is 19.8. The third kappa shape index (κ3) is 4.23. The van der Waals surface area contributed by atoms with Gasteiger partial charge in [-0.1, -0.05) is 18.2 Å². The van der Waals surface area contributed by atoms with Crippen LogP contribution >= 0.6 is 0 Å². The minimum Gasteiger partial charge on any atom is -0.301 e. The Morgan fingerprint density at radius 2 is 1.88 bits per heavy atom. The Bertz CT molecular complexity index is 1250. The van der Waals surface area contributed by atoms with Crippen LogP contribution in [-0.4, -0.2) is 49.4 Å². The van der Waals surface area contributed by atoms with Crippen molar-refractivity contribution in [3.8, 4) is 0 Å². The molecule has 0 saturated carbocycles. The van der Waals surface area contributed by atoms with Gasteiger partial charge < -0.3 is 4.90 Å². The van der Waals surface area contributed by atoms with E-state index in [2.05, 4.69) is 35.9 Å². The highest BCUT2D eigenvalue weighted by Crippen LogP contribution is 2.31. The number of aryl methyl sites for hydroxylation is 2. The minimum absolute atomic E-state index is 0.0508. The lowest BCUT2D eigenvalue weighted by Gasteiger charge is -2.36. The van der Waals surface area contributed by atoms with Crippen molar-refractivity contribution in [1.29, 1.82) is 0 Å². The second kappa shape index (κ2) is 8.60. The lowest BCUT2D eigenvalue weighted by Crippen LogP contribution is -2.39. The standard InChI is InChI=1S/C27H31N5O/c1-18(2)30-12-10-21(11-13-30)23-8-9-24-7-5-6-22(14-27(33)31(24)17-23)25-15-26-20(4)28-19(3)16-32(26)29-25/h5-9,14-18,21H,10-13H2,1-4H3/b6-5+,22-14+,24-7+. The molecule has 33 heavy (non-hydrogen) atoms. The van der Waals surface area contributed by atoms with Gasteiger partial charge in [-0.05, 0) is 83.3 Å². The Morgan fingerprint density at radius 1 is 1.09 bits per heavy atom. The topological polar surface area (TPSA) is 53.7 Å². The quantitative estimate of drug-likeness (QED) is 0.699. The predicted octanol–water partition coefficient (Wildman–Crippen LogP) is 4.59. The second-order valence-corrected chi connectivity index (χ2v) is 9.45. The van der Waals surface area contributed by atoms with Crippen LogP contribution in [0.3, 0.4) is 0 Å². The van der Waals surface area contributed by atoms with Crippen LogP contribution in [0.4, 0.5) is 0 Å². The lowest BCUT2D eigenvalue weighted by molar-refractivity contribution is -0.122. The Labute approximate surface area is 195 Å². The first kappa shape index (κ1) is 21.6. The van der Waals surface area contributed by atoms with E-state index >= 15 is 0 Å². The molecule has 0 atom stereocenters. The smallest absolute Gasteiger partial charge is 0.255 e. The molecule has 3 aliphatic rings. The number of fused-ring (bicyclic) bond motifs is 2. The summed E-state index contributed by atoms with van der Waals surface area (Å²) in [5, 5.41) is 4.71. The van der Waals surface area contributed by atoms with E-state index in [0.29, 0.717) is 12.0 Å². The van der Waals surface area contributed by atoms with E-state index in [9.17, 15) is 4.79 Å². The summed E-state index contributed by atoms with van der Waals surface area (Å²) in [5.41, 5.74) is 6.49. The molecule has 170 valence electrons. The van der Waals surface area contributed by atoms with Gasteiger partial charge in [-0.2, -0.15) is 5.10 Å². The van der Waals surface area contributed by atoms with E-state index < -0.39 is 0 Å². The molecule has 6 heteroatoms. The number of hydrogen-bond acceptors (Lipinski definition) is 4. The lowest BCUT2D eigenvalue weighted by atomic mass is 9.87. The van der Waals surface area contributed by atoms with Crippen molar-refractivity contribution in [2.45, 2.75) is 46.6 Å². The number of amides is 1. The highest BCUT2D eigenvalue weighted by Gasteiger charge is 2.26. The van der Waals surface area contributed by atoms with E-state index in [4.69, 9.17) is 5.10 Å². The van der Waals surface area contributed by atoms with Crippen molar-refractivity contribution in [2.24, 2.45) is 5.92 Å². The number of rotatable bonds is 3. The summed E-state index contributed by atoms with van der Waals surface area (Å²) in [7, 11) is 0. The average Bonchev–Trinajstić information content (AvgIpc) is 3.21. The van der Waals surface area contributed by atoms with Gasteiger partial charge >= 0.3 is 0 Å². The summed E-state index contributed by atoms with van der Waals surface area (Å²) in [4.78, 5) is 22.2. The van der Waals surface area contributed by atoms with Gasteiger partial charge in [0, 0.05) is 29.6 Å². The van der Waals surface area contributed by atoms with Gasteiger partial charge in [-0.25, -0.2) is 4.52 Å². The van der Waals surface area contributed by atoms with E-state index in [1.165, 1.54) is 5.57 Å². The third-order valence-corrected chi connectivity index (χ3v) is 6.85. The molecule has 0 radical (unpaired) electrons. The number of allylic oxidation sites excluding steroid dienone is 7. The number of carbonyl (C=O) groups is 1. The molecule has 5 heterocycles. The van der Waals surface area contributed by atoms with Crippen molar-refractivity contribution >= 4 is 17.0 Å². The molecular weight excluding hydrogens is 410 g/mol. The summed E-state index contributed by atoms with van der Waals surface area (Å²) in [6.45, 7) is 10.7. The molecule has 1 fully saturated rings. The first-order valence-electron chi connectivity index (χ1n) is 11.8. The Kier molecular flexibility index (Phi) is 5.62. The molecule has 2 aromatic heterocycles. The number of carbonyl (C=O) groups excluding carboxylic acids is 1. The van der Waals surface area contributed by atoms with Crippen LogP contribution in [0.2, 0.25) is 0 Å². The molecule has 5 rings (SSSR count). The zero-order valence-electron chi connectivity index (χ0n) is 19.8. The maximum Gasteiger partial charge on any atom is 0.255 e. The summed E-state index contributed by atoms with van der Waals surface area (Å²) in [6, 6.07) is 2.59. The molecule has 0 aromatic carbocycles. The average molecular weight is 442 g/mol. The molecule has 3 aliphatic heterocycles. The highest BCUT2D eigenvalue weighted by molar-refractivity contribution is 5.99. The van der Waals surface area contributed by atoms with E-state index in [0.717, 1.165) is 59.8 Å². The first-order valence-corrected chi connectivity index (χ1v) is 11.8. The Morgan fingerprint density at radius 3 is 2.64 bits per heavy atom. The molecule has 0 N–H and O–H groups in total. The first-order chi connectivity index (χ1) is 15.9. The van der Waals surface area contributed by atoms with Crippen molar-refractivity contribution < 1.29 is 4.79 Å². The van der Waals surface area contributed by atoms with Gasteiger partial charge in [0.2, 0.25) is 0 Å². The summed E-state index contributed by atoms with van der Waals surface area (Å²) in [6.07, 6.45) is 18.1. The second-order valence-electron chi connectivity index (χ2n) is 9.45. The van der Waals surface area contributed by atoms with Crippen molar-refractivity contribution in [3.63, 3.8) is 0 Å². The molecule has 2 aromatic rings. The Hall–Kier alpha value is -3.25. The van der Waals surface area contributed by atoms with Crippen LogP contribution in [0.1, 0.15) is 43.8 Å². The van der Waals surface area contributed by atoms with E-state index in [-0.39, 0.29) is 5.91 Å². The fourth-order valence-corrected chi connectivity index (χ4v) is 4.94. The largest absolute Gasteiger partial charge is 0.301 e. The fourth-order valence-electron chi connectivity index (χ4n) is 4.94. The molecule has 1 saturated heterocycles. The number of piperidine rings is 1. The van der Waals surface area contributed by atoms with Gasteiger partial charge in [0.25, 0.3) is 5.91 Å². The number of nitrogens with zero attached hydrogens (tertiary/aromatic N) is 5. The highest BCUT2D eigenvalue weighted by atomic mass is 16.2. The number of aromatic nitrogens is 3. The summed E-state index contributed by atoms with van der Waals surface area (Å²) < 4.78 is 1.84. The van der Waals surface area contributed by atoms with Crippen LogP contribution < -0.4 is 0 Å². The minimum atomic E-state index is -0.0508. The van der Waals surface area contributed by atoms with Gasteiger partial charge in [-0.3, -0.25) is 14.7 Å². The number of likely N-dealkylation sites (tertiary alicyclic amines) is 1.